The van der Waals surface area contributed by atoms with Gasteiger partial charge in [0.25, 0.3) is 0 Å². The van der Waals surface area contributed by atoms with Crippen LogP contribution in [0, 0.1) is 13.8 Å². The molecule has 1 aromatic carbocycles. The predicted octanol–water partition coefficient (Wildman–Crippen LogP) is 6.80. The standard InChI is InChI=1S/C48H71N5O10.ClH/c1-7-35-36(8-2)40-28-42-38(12-10-14-55)34(4)46(53-42)32-50-44-30-48(63-26-24-61-22-20-59-18-16-57-6)47(62-25-23-60-21-19-58-17-15-56-5)29-43(44)49-31-45-33(3)37(11-9-13-54)41(52-45)27-39(35)51-40;/h29-32,51-55H,7-28H2,1-6H3;1H/b49-31-,50-32-;. The number of nitrogens with one attached hydrogen (secondary N) is 3. The number of hydrogen-bond donors (Lipinski definition) is 5. The van der Waals surface area contributed by atoms with E-state index in [9.17, 15) is 10.2 Å². The molecule has 1 aliphatic rings. The van der Waals surface area contributed by atoms with Crippen LogP contribution in [0.15, 0.2) is 22.1 Å². The van der Waals surface area contributed by atoms with Crippen molar-refractivity contribution in [3.8, 4) is 11.5 Å². The zero-order valence-electron chi connectivity index (χ0n) is 38.8. The molecule has 0 amide bonds. The van der Waals surface area contributed by atoms with E-state index in [0.29, 0.717) is 115 Å². The van der Waals surface area contributed by atoms with Gasteiger partial charge in [-0.15, -0.1) is 12.4 Å². The van der Waals surface area contributed by atoms with Crippen molar-refractivity contribution in [1.82, 2.24) is 15.0 Å². The molecule has 64 heavy (non-hydrogen) atoms. The first-order valence-electron chi connectivity index (χ1n) is 22.5. The minimum atomic E-state index is 0. The smallest absolute Gasteiger partial charge is 0.163 e. The van der Waals surface area contributed by atoms with E-state index in [1.165, 1.54) is 33.6 Å². The van der Waals surface area contributed by atoms with Crippen molar-refractivity contribution in [2.45, 2.75) is 79.1 Å². The van der Waals surface area contributed by atoms with Crippen molar-refractivity contribution in [2.75, 3.05) is 107 Å². The van der Waals surface area contributed by atoms with Crippen LogP contribution in [0.2, 0.25) is 0 Å². The van der Waals surface area contributed by atoms with Gasteiger partial charge in [0, 0.05) is 75.2 Å². The lowest BCUT2D eigenvalue weighted by atomic mass is 9.97. The molecule has 0 saturated carbocycles. The largest absolute Gasteiger partial charge is 0.487 e. The predicted molar refractivity (Wildman–Crippen MR) is 253 cm³/mol. The Morgan fingerprint density at radius 3 is 1.23 bits per heavy atom. The topological polar surface area (TPSA) is 186 Å². The summed E-state index contributed by atoms with van der Waals surface area (Å²) < 4.78 is 45.4. The Kier molecular flexibility index (Phi) is 23.7. The fourth-order valence-electron chi connectivity index (χ4n) is 7.98. The molecule has 0 fully saturated rings. The highest BCUT2D eigenvalue weighted by atomic mass is 35.5. The van der Waals surface area contributed by atoms with Gasteiger partial charge in [-0.1, -0.05) is 13.8 Å². The second-order valence-corrected chi connectivity index (χ2v) is 15.4. The molecule has 3 aromatic heterocycles. The summed E-state index contributed by atoms with van der Waals surface area (Å²) in [5.41, 5.74) is 14.9. The number of rotatable bonds is 28. The molecular weight excluding hydrogens is 842 g/mol. The number of nitrogens with zero attached hydrogens (tertiary/aromatic N) is 2. The van der Waals surface area contributed by atoms with Crippen LogP contribution < -0.4 is 9.47 Å². The highest BCUT2D eigenvalue weighted by molar-refractivity contribution is 5.88. The van der Waals surface area contributed by atoms with E-state index in [4.69, 9.17) is 47.9 Å². The Morgan fingerprint density at radius 2 is 0.875 bits per heavy atom. The maximum atomic E-state index is 9.88. The SMILES string of the molecule is CCc1c2[nH]c(c1CC)Cc1[nH]c(c(C)c1CCCO)/C=N\c1cc(OCCOCCOCCOC)c(OCCOCCOCCOC)cc1/N=C\c1[nH]c(c(CCCO)c1C)C2.Cl. The van der Waals surface area contributed by atoms with Gasteiger partial charge >= 0.3 is 0 Å². The summed E-state index contributed by atoms with van der Waals surface area (Å²) in [5, 5.41) is 19.8. The fourth-order valence-corrected chi connectivity index (χ4v) is 7.98. The van der Waals surface area contributed by atoms with Crippen LogP contribution in [-0.2, 0) is 66.9 Å². The zero-order chi connectivity index (χ0) is 44.8. The summed E-state index contributed by atoms with van der Waals surface area (Å²) in [4.78, 5) is 21.5. The summed E-state index contributed by atoms with van der Waals surface area (Å²) in [6.45, 7) is 14.0. The number of H-pyrrole nitrogens is 3. The van der Waals surface area contributed by atoms with Crippen molar-refractivity contribution in [2.24, 2.45) is 9.98 Å². The van der Waals surface area contributed by atoms with Gasteiger partial charge in [-0.05, 0) is 85.8 Å². The number of aromatic nitrogens is 3. The summed E-state index contributed by atoms with van der Waals surface area (Å²) in [7, 11) is 3.29. The second kappa shape index (κ2) is 28.8. The first kappa shape index (κ1) is 52.6. The van der Waals surface area contributed by atoms with Crippen LogP contribution in [-0.4, -0.2) is 144 Å². The number of halogens is 1. The Bertz CT molecular complexity index is 1900. The van der Waals surface area contributed by atoms with E-state index in [1.807, 2.05) is 24.6 Å². The van der Waals surface area contributed by atoms with Gasteiger partial charge < -0.3 is 63.1 Å². The van der Waals surface area contributed by atoms with Gasteiger partial charge in [0.2, 0.25) is 0 Å². The number of fused-ring (bicyclic) bond motifs is 7. The lowest BCUT2D eigenvalue weighted by Crippen LogP contribution is -2.14. The highest BCUT2D eigenvalue weighted by Gasteiger charge is 2.22. The second-order valence-electron chi connectivity index (χ2n) is 15.4. The number of aromatic amines is 3. The third-order valence-corrected chi connectivity index (χ3v) is 11.3. The quantitative estimate of drug-likeness (QED) is 0.0335. The Morgan fingerprint density at radius 1 is 0.516 bits per heavy atom. The molecular formula is C48H72ClN5O10. The van der Waals surface area contributed by atoms with Gasteiger partial charge in [0.1, 0.15) is 13.2 Å². The molecule has 0 aliphatic carbocycles. The maximum absolute atomic E-state index is 9.88. The van der Waals surface area contributed by atoms with Gasteiger partial charge in [0.05, 0.1) is 101 Å². The fraction of sp³-hybridized carbons (Fsp3) is 0.583. The van der Waals surface area contributed by atoms with Crippen molar-refractivity contribution < 1.29 is 48.1 Å². The number of aliphatic imine (C=N–C) groups is 2. The molecule has 0 radical (unpaired) electrons. The van der Waals surface area contributed by atoms with Crippen molar-refractivity contribution in [3.05, 3.63) is 79.7 Å². The maximum Gasteiger partial charge on any atom is 0.163 e. The molecule has 15 nitrogen and oxygen atoms in total. The van der Waals surface area contributed by atoms with Gasteiger partial charge in [-0.3, -0.25) is 9.98 Å². The lowest BCUT2D eigenvalue weighted by molar-refractivity contribution is 0.0160. The molecule has 356 valence electrons. The van der Waals surface area contributed by atoms with Crippen LogP contribution in [0.3, 0.4) is 0 Å². The summed E-state index contributed by atoms with van der Waals surface area (Å²) in [6, 6.07) is 3.72. The highest BCUT2D eigenvalue weighted by Crippen LogP contribution is 2.41. The Balaban J connectivity index is 0.00000898. The molecule has 0 unspecified atom stereocenters. The monoisotopic (exact) mass is 913 g/mol. The van der Waals surface area contributed by atoms with Gasteiger partial charge in [-0.2, -0.15) is 0 Å². The van der Waals surface area contributed by atoms with Crippen molar-refractivity contribution >= 4 is 36.2 Å². The third kappa shape index (κ3) is 15.0. The zero-order valence-corrected chi connectivity index (χ0v) is 39.6. The van der Waals surface area contributed by atoms with Gasteiger partial charge in [0.15, 0.2) is 11.5 Å². The van der Waals surface area contributed by atoms with Crippen LogP contribution in [0.4, 0.5) is 11.4 Å². The first-order chi connectivity index (χ1) is 30.9. The molecule has 16 heteroatoms. The summed E-state index contributed by atoms with van der Waals surface area (Å²) in [6.07, 6.45) is 9.72. The van der Waals surface area contributed by atoms with E-state index in [-0.39, 0.29) is 38.8 Å². The normalized spacial score (nSPS) is 13.4. The third-order valence-electron chi connectivity index (χ3n) is 11.3. The molecule has 0 saturated heterocycles. The van der Waals surface area contributed by atoms with E-state index >= 15 is 0 Å². The van der Waals surface area contributed by atoms with Crippen molar-refractivity contribution in [1.29, 1.82) is 0 Å². The average Bonchev–Trinajstić information content (AvgIpc) is 3.89. The van der Waals surface area contributed by atoms with E-state index in [2.05, 4.69) is 42.6 Å². The molecule has 5 N–H and O–H groups in total. The number of hydrogen-bond acceptors (Lipinski definition) is 12. The van der Waals surface area contributed by atoms with Crippen molar-refractivity contribution in [3.63, 3.8) is 0 Å². The minimum Gasteiger partial charge on any atom is -0.487 e. The lowest BCUT2D eigenvalue weighted by Gasteiger charge is -2.15. The molecule has 0 atom stereocenters. The Hall–Kier alpha value is -4.03. The van der Waals surface area contributed by atoms with Crippen LogP contribution in [0.1, 0.15) is 94.2 Å². The number of ether oxygens (including phenoxy) is 8. The van der Waals surface area contributed by atoms with Crippen LogP contribution >= 0.6 is 12.4 Å². The average molecular weight is 915 g/mol. The van der Waals surface area contributed by atoms with E-state index in [1.54, 1.807) is 14.2 Å². The molecule has 5 rings (SSSR count). The molecule has 4 aromatic rings. The number of aliphatic hydroxyl groups excluding tert-OH is 2. The number of benzene rings is 1. The van der Waals surface area contributed by atoms with Crippen LogP contribution in [0.5, 0.6) is 11.5 Å². The molecule has 6 bridgehead atoms. The Labute approximate surface area is 385 Å². The van der Waals surface area contributed by atoms with E-state index < -0.39 is 0 Å². The molecule has 1 aliphatic heterocycles. The molecule has 0 spiro atoms. The first-order valence-corrected chi connectivity index (χ1v) is 22.5. The van der Waals surface area contributed by atoms with Crippen LogP contribution in [0.25, 0.3) is 0 Å². The van der Waals surface area contributed by atoms with Gasteiger partial charge in [-0.25, -0.2) is 0 Å². The summed E-state index contributed by atoms with van der Waals surface area (Å²) in [5.74, 6) is 0.987. The number of aliphatic hydroxyl groups is 2. The van der Waals surface area contributed by atoms with E-state index in [0.717, 1.165) is 59.6 Å². The molecule has 4 heterocycles. The summed E-state index contributed by atoms with van der Waals surface area (Å²) >= 11 is 0. The number of methoxy groups -OCH3 is 2. The minimum absolute atomic E-state index is 0.